The molecule has 2 aromatic rings. The maximum absolute atomic E-state index is 11.6. The minimum Gasteiger partial charge on any atom is -0.364 e. The number of anilines is 1. The van der Waals surface area contributed by atoms with Crippen LogP contribution in [-0.4, -0.2) is 32.2 Å². The highest BCUT2D eigenvalue weighted by molar-refractivity contribution is 6.04. The molecule has 2 amide bonds. The fraction of sp³-hybridized carbons (Fsp3) is 0. The molecule has 0 fully saturated rings. The van der Waals surface area contributed by atoms with E-state index in [0.29, 0.717) is 5.69 Å². The van der Waals surface area contributed by atoms with E-state index in [1.807, 2.05) is 0 Å². The first-order valence-corrected chi connectivity index (χ1v) is 4.32. The summed E-state index contributed by atoms with van der Waals surface area (Å²) >= 11 is 0. The van der Waals surface area contributed by atoms with Gasteiger partial charge < -0.3 is 11.1 Å². The van der Waals surface area contributed by atoms with Gasteiger partial charge in [-0.25, -0.2) is 0 Å². The number of carbonyl (C=O) groups is 2. The van der Waals surface area contributed by atoms with Crippen molar-refractivity contribution in [3.63, 3.8) is 0 Å². The predicted molar refractivity (Wildman–Crippen MR) is 53.6 cm³/mol. The van der Waals surface area contributed by atoms with Crippen LogP contribution in [0, 0.1) is 0 Å². The van der Waals surface area contributed by atoms with E-state index >= 15 is 0 Å². The minimum absolute atomic E-state index is 0.0114. The number of nitrogens with two attached hydrogens (primary N) is 1. The van der Waals surface area contributed by atoms with Gasteiger partial charge in [-0.3, -0.25) is 19.8 Å². The summed E-state index contributed by atoms with van der Waals surface area (Å²) < 4.78 is 0. The molecule has 2 aromatic heterocycles. The lowest BCUT2D eigenvalue weighted by atomic mass is 10.3. The average molecular weight is 220 g/mol. The van der Waals surface area contributed by atoms with Crippen LogP contribution < -0.4 is 11.1 Å². The Morgan fingerprint density at radius 3 is 2.81 bits per heavy atom. The van der Waals surface area contributed by atoms with Gasteiger partial charge in [0.05, 0.1) is 11.9 Å². The van der Waals surface area contributed by atoms with Crippen LogP contribution in [0.5, 0.6) is 0 Å². The van der Waals surface area contributed by atoms with Crippen molar-refractivity contribution in [1.82, 2.24) is 20.4 Å². The van der Waals surface area contributed by atoms with Crippen molar-refractivity contribution in [2.45, 2.75) is 0 Å². The van der Waals surface area contributed by atoms with Crippen molar-refractivity contribution in [3.8, 4) is 0 Å². The lowest BCUT2D eigenvalue weighted by Crippen LogP contribution is -2.12. The molecule has 0 radical (unpaired) electrons. The number of nitrogens with one attached hydrogen (secondary N) is 3. The standard InChI is InChI=1S/C8H8N6O2/c9-7(15)5-1-6(14-13-5)8(16)12-4-2-10-11-3-4/h1-3H,(H2,9,15)(H,10,11)(H,12,16)(H,13,14). The van der Waals surface area contributed by atoms with Gasteiger partial charge in [0.1, 0.15) is 5.69 Å². The van der Waals surface area contributed by atoms with E-state index in [1.165, 1.54) is 18.5 Å². The summed E-state index contributed by atoms with van der Waals surface area (Å²) in [4.78, 5) is 22.3. The molecule has 0 unspecified atom stereocenters. The number of hydrogen-bond donors (Lipinski definition) is 4. The first-order chi connectivity index (χ1) is 7.66. The Balaban J connectivity index is 2.12. The van der Waals surface area contributed by atoms with Gasteiger partial charge in [0, 0.05) is 12.3 Å². The molecule has 5 N–H and O–H groups in total. The summed E-state index contributed by atoms with van der Waals surface area (Å²) in [6, 6.07) is 1.28. The quantitative estimate of drug-likeness (QED) is 0.554. The second-order valence-corrected chi connectivity index (χ2v) is 2.97. The third-order valence-corrected chi connectivity index (χ3v) is 1.83. The molecule has 16 heavy (non-hydrogen) atoms. The van der Waals surface area contributed by atoms with Crippen LogP contribution in [0.3, 0.4) is 0 Å². The third-order valence-electron chi connectivity index (χ3n) is 1.83. The molecule has 0 aliphatic rings. The van der Waals surface area contributed by atoms with Gasteiger partial charge in [-0.2, -0.15) is 10.2 Å². The van der Waals surface area contributed by atoms with Gasteiger partial charge in [-0.15, -0.1) is 0 Å². The highest BCUT2D eigenvalue weighted by Gasteiger charge is 2.12. The molecular weight excluding hydrogens is 212 g/mol. The molecule has 0 saturated heterocycles. The monoisotopic (exact) mass is 220 g/mol. The Bertz CT molecular complexity index is 514. The Hall–Kier alpha value is -2.64. The van der Waals surface area contributed by atoms with Crippen LogP contribution in [0.4, 0.5) is 5.69 Å². The number of aromatic nitrogens is 4. The van der Waals surface area contributed by atoms with E-state index in [1.54, 1.807) is 0 Å². The van der Waals surface area contributed by atoms with Crippen molar-refractivity contribution < 1.29 is 9.59 Å². The first kappa shape index (κ1) is 9.90. The SMILES string of the molecule is NC(=O)c1cc(C(=O)Nc2cn[nH]c2)[nH]n1. The minimum atomic E-state index is -0.696. The molecule has 0 aliphatic heterocycles. The van der Waals surface area contributed by atoms with Crippen molar-refractivity contribution in [2.75, 3.05) is 5.32 Å². The van der Waals surface area contributed by atoms with Gasteiger partial charge in [0.2, 0.25) is 0 Å². The van der Waals surface area contributed by atoms with Gasteiger partial charge in [0.15, 0.2) is 5.69 Å². The number of aromatic amines is 2. The molecule has 0 atom stereocenters. The number of primary amides is 1. The van der Waals surface area contributed by atoms with Crippen LogP contribution >= 0.6 is 0 Å². The van der Waals surface area contributed by atoms with E-state index in [2.05, 4.69) is 25.7 Å². The van der Waals surface area contributed by atoms with E-state index in [0.717, 1.165) is 0 Å². The predicted octanol–water partition coefficient (Wildman–Crippen LogP) is -0.516. The molecule has 82 valence electrons. The second kappa shape index (κ2) is 3.85. The van der Waals surface area contributed by atoms with E-state index in [9.17, 15) is 9.59 Å². The zero-order valence-corrected chi connectivity index (χ0v) is 8.02. The second-order valence-electron chi connectivity index (χ2n) is 2.97. The highest BCUT2D eigenvalue weighted by Crippen LogP contribution is 2.05. The van der Waals surface area contributed by atoms with Crippen molar-refractivity contribution in [1.29, 1.82) is 0 Å². The Morgan fingerprint density at radius 1 is 1.44 bits per heavy atom. The van der Waals surface area contributed by atoms with Crippen LogP contribution in [0.1, 0.15) is 21.0 Å². The van der Waals surface area contributed by atoms with Gasteiger partial charge in [-0.05, 0) is 0 Å². The topological polar surface area (TPSA) is 130 Å². The Labute approximate surface area is 89.2 Å². The van der Waals surface area contributed by atoms with Crippen molar-refractivity contribution >= 4 is 17.5 Å². The third kappa shape index (κ3) is 1.90. The fourth-order valence-corrected chi connectivity index (χ4v) is 1.08. The maximum Gasteiger partial charge on any atom is 0.273 e. The summed E-state index contributed by atoms with van der Waals surface area (Å²) in [6.07, 6.45) is 2.96. The van der Waals surface area contributed by atoms with E-state index in [4.69, 9.17) is 5.73 Å². The fourth-order valence-electron chi connectivity index (χ4n) is 1.08. The molecular formula is C8H8N6O2. The first-order valence-electron chi connectivity index (χ1n) is 4.32. The van der Waals surface area contributed by atoms with Crippen molar-refractivity contribution in [3.05, 3.63) is 29.8 Å². The van der Waals surface area contributed by atoms with E-state index in [-0.39, 0.29) is 11.4 Å². The molecule has 0 aliphatic carbocycles. The van der Waals surface area contributed by atoms with E-state index < -0.39 is 11.8 Å². The molecule has 2 rings (SSSR count). The lowest BCUT2D eigenvalue weighted by molar-refractivity contribution is 0.0994. The van der Waals surface area contributed by atoms with Gasteiger partial charge in [0.25, 0.3) is 11.8 Å². The van der Waals surface area contributed by atoms with Crippen LogP contribution in [-0.2, 0) is 0 Å². The normalized spacial score (nSPS) is 10.0. The largest absolute Gasteiger partial charge is 0.364 e. The molecule has 0 aromatic carbocycles. The number of rotatable bonds is 3. The zero-order valence-electron chi connectivity index (χ0n) is 8.02. The smallest absolute Gasteiger partial charge is 0.273 e. The summed E-state index contributed by atoms with van der Waals surface area (Å²) in [5.74, 6) is -1.12. The average Bonchev–Trinajstić information content (AvgIpc) is 2.86. The summed E-state index contributed by atoms with van der Waals surface area (Å²) in [5.41, 5.74) is 5.67. The number of carbonyl (C=O) groups excluding carboxylic acids is 2. The number of nitrogens with zero attached hydrogens (tertiary/aromatic N) is 2. The van der Waals surface area contributed by atoms with Crippen LogP contribution in [0.15, 0.2) is 18.5 Å². The highest BCUT2D eigenvalue weighted by atomic mass is 16.2. The number of H-pyrrole nitrogens is 2. The molecule has 0 spiro atoms. The summed E-state index contributed by atoms with van der Waals surface area (Å²) in [7, 11) is 0. The van der Waals surface area contributed by atoms with Gasteiger partial charge in [-0.1, -0.05) is 0 Å². The van der Waals surface area contributed by atoms with Crippen LogP contribution in [0.25, 0.3) is 0 Å². The lowest BCUT2D eigenvalue weighted by Gasteiger charge is -1.97. The summed E-state index contributed by atoms with van der Waals surface area (Å²) in [5, 5.41) is 14.7. The molecule has 8 nitrogen and oxygen atoms in total. The van der Waals surface area contributed by atoms with Gasteiger partial charge >= 0.3 is 0 Å². The Kier molecular flexibility index (Phi) is 2.38. The summed E-state index contributed by atoms with van der Waals surface area (Å²) in [6.45, 7) is 0. The number of amides is 2. The van der Waals surface area contributed by atoms with Crippen LogP contribution in [0.2, 0.25) is 0 Å². The molecule has 2 heterocycles. The number of hydrogen-bond acceptors (Lipinski definition) is 4. The molecule has 0 saturated carbocycles. The molecule has 8 heteroatoms. The Morgan fingerprint density at radius 2 is 2.25 bits per heavy atom. The van der Waals surface area contributed by atoms with Crippen molar-refractivity contribution in [2.24, 2.45) is 5.73 Å². The molecule has 0 bridgehead atoms. The zero-order chi connectivity index (χ0) is 11.5. The maximum atomic E-state index is 11.6.